The lowest BCUT2D eigenvalue weighted by Gasteiger charge is -2.14. The molecule has 1 amide bonds. The second-order valence-corrected chi connectivity index (χ2v) is 7.34. The molecule has 0 aliphatic rings. The number of nitrogens with one attached hydrogen (secondary N) is 1. The summed E-state index contributed by atoms with van der Waals surface area (Å²) in [6.45, 7) is 5.91. The second-order valence-electron chi connectivity index (χ2n) is 6.93. The van der Waals surface area contributed by atoms with E-state index in [1.807, 2.05) is 45.0 Å². The van der Waals surface area contributed by atoms with E-state index < -0.39 is 0 Å². The molecule has 8 heteroatoms. The van der Waals surface area contributed by atoms with Crippen LogP contribution in [0.25, 0.3) is 5.95 Å². The van der Waals surface area contributed by atoms with E-state index in [0.717, 1.165) is 23.4 Å². The van der Waals surface area contributed by atoms with E-state index in [9.17, 15) is 9.59 Å². The van der Waals surface area contributed by atoms with Crippen LogP contribution in [-0.2, 0) is 24.3 Å². The number of hydrogen-bond donors (Lipinski definition) is 1. The summed E-state index contributed by atoms with van der Waals surface area (Å²) >= 11 is 6.14. The normalized spacial score (nSPS) is 10.9. The van der Waals surface area contributed by atoms with Gasteiger partial charge < -0.3 is 5.32 Å². The van der Waals surface area contributed by atoms with Crippen LogP contribution in [0.5, 0.6) is 0 Å². The van der Waals surface area contributed by atoms with Gasteiger partial charge in [-0.05, 0) is 38.0 Å². The van der Waals surface area contributed by atoms with Crippen molar-refractivity contribution in [3.8, 4) is 5.95 Å². The fraction of sp³-hybridized carbons (Fsp3) is 0.333. The summed E-state index contributed by atoms with van der Waals surface area (Å²) in [5.41, 5.74) is 2.87. The van der Waals surface area contributed by atoms with Crippen molar-refractivity contribution in [1.82, 2.24) is 24.6 Å². The molecule has 0 aliphatic carbocycles. The molecule has 0 aliphatic heterocycles. The number of carbonyl (C=O) groups is 1. The van der Waals surface area contributed by atoms with Gasteiger partial charge in [-0.3, -0.25) is 14.2 Å². The SMILES string of the molecule is CCCc1cc(=O)n(CC(=O)NCc2ccccc2Cl)c(-n2nc(C)cc2C)n1. The molecule has 0 saturated carbocycles. The number of aromatic nitrogens is 4. The third-order valence-electron chi connectivity index (χ3n) is 4.48. The molecule has 0 bridgehead atoms. The lowest BCUT2D eigenvalue weighted by atomic mass is 10.2. The molecule has 0 fully saturated rings. The van der Waals surface area contributed by atoms with Gasteiger partial charge in [-0.15, -0.1) is 0 Å². The molecule has 0 atom stereocenters. The highest BCUT2D eigenvalue weighted by atomic mass is 35.5. The van der Waals surface area contributed by atoms with Crippen molar-refractivity contribution in [2.24, 2.45) is 0 Å². The van der Waals surface area contributed by atoms with Crippen molar-refractivity contribution in [3.63, 3.8) is 0 Å². The summed E-state index contributed by atoms with van der Waals surface area (Å²) in [6, 6.07) is 10.7. The molecular formula is C21H24ClN5O2. The Bertz CT molecular complexity index is 1090. The number of hydrogen-bond acceptors (Lipinski definition) is 4. The Morgan fingerprint density at radius 1 is 1.21 bits per heavy atom. The number of halogens is 1. The third-order valence-corrected chi connectivity index (χ3v) is 4.85. The lowest BCUT2D eigenvalue weighted by Crippen LogP contribution is -2.35. The number of carbonyl (C=O) groups excluding carboxylic acids is 1. The minimum Gasteiger partial charge on any atom is -0.350 e. The molecule has 0 unspecified atom stereocenters. The average molecular weight is 414 g/mol. The standard InChI is InChI=1S/C21H24ClN5O2/c1-4-7-17-11-20(29)26(21(24-17)27-15(3)10-14(2)25-27)13-19(28)23-12-16-8-5-6-9-18(16)22/h5-6,8-11H,4,7,12-13H2,1-3H3,(H,23,28). The quantitative estimate of drug-likeness (QED) is 0.645. The van der Waals surface area contributed by atoms with Crippen LogP contribution in [0.15, 0.2) is 41.2 Å². The van der Waals surface area contributed by atoms with Crippen molar-refractivity contribution in [2.45, 2.75) is 46.7 Å². The van der Waals surface area contributed by atoms with Crippen LogP contribution >= 0.6 is 11.6 Å². The van der Waals surface area contributed by atoms with E-state index in [-0.39, 0.29) is 24.6 Å². The van der Waals surface area contributed by atoms with E-state index in [4.69, 9.17) is 11.6 Å². The van der Waals surface area contributed by atoms with Gasteiger partial charge >= 0.3 is 0 Å². The first-order chi connectivity index (χ1) is 13.9. The van der Waals surface area contributed by atoms with Crippen molar-refractivity contribution < 1.29 is 4.79 Å². The van der Waals surface area contributed by atoms with E-state index in [2.05, 4.69) is 15.4 Å². The maximum absolute atomic E-state index is 12.8. The van der Waals surface area contributed by atoms with Crippen molar-refractivity contribution in [1.29, 1.82) is 0 Å². The van der Waals surface area contributed by atoms with Crippen LogP contribution < -0.4 is 10.9 Å². The number of amides is 1. The first kappa shape index (κ1) is 20.8. The summed E-state index contributed by atoms with van der Waals surface area (Å²) in [4.78, 5) is 29.9. The summed E-state index contributed by atoms with van der Waals surface area (Å²) in [6.07, 6.45) is 1.55. The van der Waals surface area contributed by atoms with Gasteiger partial charge in [0.2, 0.25) is 11.9 Å². The zero-order chi connectivity index (χ0) is 21.0. The van der Waals surface area contributed by atoms with Gasteiger partial charge in [0.25, 0.3) is 5.56 Å². The van der Waals surface area contributed by atoms with Gasteiger partial charge in [0.1, 0.15) is 6.54 Å². The van der Waals surface area contributed by atoms with E-state index in [0.29, 0.717) is 23.1 Å². The van der Waals surface area contributed by atoms with Crippen LogP contribution in [0.1, 0.15) is 36.0 Å². The molecule has 152 valence electrons. The minimum atomic E-state index is -0.306. The fourth-order valence-corrected chi connectivity index (χ4v) is 3.30. The Hall–Kier alpha value is -2.93. The number of benzene rings is 1. The smallest absolute Gasteiger partial charge is 0.255 e. The molecule has 3 aromatic rings. The number of nitrogens with zero attached hydrogens (tertiary/aromatic N) is 4. The van der Waals surface area contributed by atoms with Gasteiger partial charge in [-0.25, -0.2) is 9.67 Å². The maximum Gasteiger partial charge on any atom is 0.255 e. The van der Waals surface area contributed by atoms with E-state index in [1.54, 1.807) is 10.7 Å². The highest BCUT2D eigenvalue weighted by molar-refractivity contribution is 6.31. The number of aryl methyl sites for hydroxylation is 3. The molecule has 0 radical (unpaired) electrons. The molecule has 2 heterocycles. The van der Waals surface area contributed by atoms with Gasteiger partial charge in [-0.2, -0.15) is 5.10 Å². The Labute approximate surface area is 174 Å². The van der Waals surface area contributed by atoms with Crippen LogP contribution in [0.3, 0.4) is 0 Å². The molecule has 1 aromatic carbocycles. The molecule has 1 N–H and O–H groups in total. The second kappa shape index (κ2) is 9.05. The highest BCUT2D eigenvalue weighted by Gasteiger charge is 2.16. The Morgan fingerprint density at radius 2 is 1.97 bits per heavy atom. The monoisotopic (exact) mass is 413 g/mol. The van der Waals surface area contributed by atoms with Gasteiger partial charge in [0, 0.05) is 29.0 Å². The molecule has 7 nitrogen and oxygen atoms in total. The van der Waals surface area contributed by atoms with Crippen molar-refractivity contribution >= 4 is 17.5 Å². The largest absolute Gasteiger partial charge is 0.350 e. The van der Waals surface area contributed by atoms with Crippen LogP contribution in [0.4, 0.5) is 0 Å². The minimum absolute atomic E-state index is 0.156. The third kappa shape index (κ3) is 4.92. The summed E-state index contributed by atoms with van der Waals surface area (Å²) in [5.74, 6) is 0.0410. The summed E-state index contributed by atoms with van der Waals surface area (Å²) in [5, 5.41) is 7.84. The molecule has 0 saturated heterocycles. The maximum atomic E-state index is 12.8. The zero-order valence-corrected chi connectivity index (χ0v) is 17.5. The summed E-state index contributed by atoms with van der Waals surface area (Å²) in [7, 11) is 0. The van der Waals surface area contributed by atoms with E-state index >= 15 is 0 Å². The fourth-order valence-electron chi connectivity index (χ4n) is 3.10. The summed E-state index contributed by atoms with van der Waals surface area (Å²) < 4.78 is 2.96. The van der Waals surface area contributed by atoms with Crippen molar-refractivity contribution in [2.75, 3.05) is 0 Å². The molecule has 29 heavy (non-hydrogen) atoms. The van der Waals surface area contributed by atoms with Crippen LogP contribution in [0, 0.1) is 13.8 Å². The number of rotatable bonds is 7. The van der Waals surface area contributed by atoms with Gasteiger partial charge in [0.15, 0.2) is 0 Å². The molecule has 0 spiro atoms. The van der Waals surface area contributed by atoms with Crippen LogP contribution in [0.2, 0.25) is 5.02 Å². The Balaban J connectivity index is 1.89. The van der Waals surface area contributed by atoms with Crippen LogP contribution in [-0.4, -0.2) is 25.2 Å². The topological polar surface area (TPSA) is 81.8 Å². The van der Waals surface area contributed by atoms with Gasteiger partial charge in [-0.1, -0.05) is 43.1 Å². The van der Waals surface area contributed by atoms with Crippen molar-refractivity contribution in [3.05, 3.63) is 74.4 Å². The Morgan fingerprint density at radius 3 is 2.62 bits per heavy atom. The average Bonchev–Trinajstić information content (AvgIpc) is 3.01. The predicted octanol–water partition coefficient (Wildman–Crippen LogP) is 2.97. The molecule has 3 rings (SSSR count). The van der Waals surface area contributed by atoms with Gasteiger partial charge in [0.05, 0.1) is 5.69 Å². The lowest BCUT2D eigenvalue weighted by molar-refractivity contribution is -0.121. The molecular weight excluding hydrogens is 390 g/mol. The predicted molar refractivity (Wildman–Crippen MR) is 112 cm³/mol. The highest BCUT2D eigenvalue weighted by Crippen LogP contribution is 2.14. The zero-order valence-electron chi connectivity index (χ0n) is 16.8. The molecule has 2 aromatic heterocycles. The first-order valence-corrected chi connectivity index (χ1v) is 9.91. The first-order valence-electron chi connectivity index (χ1n) is 9.53. The Kier molecular flexibility index (Phi) is 6.49. The van der Waals surface area contributed by atoms with E-state index in [1.165, 1.54) is 10.6 Å².